The van der Waals surface area contributed by atoms with Gasteiger partial charge in [-0.3, -0.25) is 0 Å². The minimum Gasteiger partial charge on any atom is -0.398 e. The molecule has 0 aliphatic heterocycles. The Hall–Kier alpha value is -2.54. The van der Waals surface area contributed by atoms with E-state index in [1.54, 1.807) is 0 Å². The van der Waals surface area contributed by atoms with Gasteiger partial charge in [-0.15, -0.1) is 0 Å². The van der Waals surface area contributed by atoms with Crippen molar-refractivity contribution in [1.82, 2.24) is 0 Å². The Morgan fingerprint density at radius 3 is 1.78 bits per heavy atom. The zero-order valence-electron chi connectivity index (χ0n) is 13.9. The standard InChI is InChI=1S/C22H21N/c1-22(2,3)20-17-11-7-6-10-16(17)18-12-14-8-4-5-9-15(14)13-19(18)21(20)23/h4-13H,23H2,1-3H3. The summed E-state index contributed by atoms with van der Waals surface area (Å²) in [6.45, 7) is 6.70. The predicted octanol–water partition coefficient (Wildman–Crippen LogP) is 6.03. The van der Waals surface area contributed by atoms with Crippen LogP contribution < -0.4 is 5.73 Å². The van der Waals surface area contributed by atoms with Crippen molar-refractivity contribution >= 4 is 38.0 Å². The molecule has 23 heavy (non-hydrogen) atoms. The van der Waals surface area contributed by atoms with E-state index in [9.17, 15) is 0 Å². The van der Waals surface area contributed by atoms with E-state index in [0.717, 1.165) is 11.1 Å². The summed E-state index contributed by atoms with van der Waals surface area (Å²) in [4.78, 5) is 0. The molecule has 0 bridgehead atoms. The highest BCUT2D eigenvalue weighted by Gasteiger charge is 2.22. The molecule has 4 aromatic rings. The highest BCUT2D eigenvalue weighted by atomic mass is 14.6. The van der Waals surface area contributed by atoms with Crippen molar-refractivity contribution in [1.29, 1.82) is 0 Å². The minimum absolute atomic E-state index is 0.00349. The Balaban J connectivity index is 2.30. The molecule has 0 heterocycles. The third kappa shape index (κ3) is 2.08. The van der Waals surface area contributed by atoms with Crippen molar-refractivity contribution in [3.63, 3.8) is 0 Å². The van der Waals surface area contributed by atoms with Crippen molar-refractivity contribution in [3.05, 3.63) is 66.2 Å². The first kappa shape index (κ1) is 14.1. The van der Waals surface area contributed by atoms with E-state index in [4.69, 9.17) is 5.73 Å². The fraction of sp³-hybridized carbons (Fsp3) is 0.182. The van der Waals surface area contributed by atoms with Crippen LogP contribution in [0, 0.1) is 0 Å². The first-order chi connectivity index (χ1) is 11.0. The van der Waals surface area contributed by atoms with Gasteiger partial charge in [-0.2, -0.15) is 0 Å². The van der Waals surface area contributed by atoms with E-state index in [1.807, 2.05) is 0 Å². The van der Waals surface area contributed by atoms with Crippen molar-refractivity contribution in [2.24, 2.45) is 0 Å². The summed E-state index contributed by atoms with van der Waals surface area (Å²) in [6.07, 6.45) is 0. The summed E-state index contributed by atoms with van der Waals surface area (Å²) in [5.74, 6) is 0. The molecule has 2 N–H and O–H groups in total. The molecule has 4 aromatic carbocycles. The number of nitrogen functional groups attached to an aromatic ring is 1. The van der Waals surface area contributed by atoms with E-state index < -0.39 is 0 Å². The first-order valence-electron chi connectivity index (χ1n) is 8.10. The quantitative estimate of drug-likeness (QED) is 0.239. The van der Waals surface area contributed by atoms with Gasteiger partial charge in [0.15, 0.2) is 0 Å². The minimum atomic E-state index is 0.00349. The largest absolute Gasteiger partial charge is 0.398 e. The molecule has 0 saturated carbocycles. The lowest BCUT2D eigenvalue weighted by Crippen LogP contribution is -2.15. The maximum Gasteiger partial charge on any atom is 0.0438 e. The van der Waals surface area contributed by atoms with Crippen LogP contribution in [-0.4, -0.2) is 0 Å². The number of anilines is 1. The lowest BCUT2D eigenvalue weighted by atomic mass is 9.80. The van der Waals surface area contributed by atoms with Crippen LogP contribution in [-0.2, 0) is 5.41 Å². The topological polar surface area (TPSA) is 26.0 Å². The molecular formula is C22H21N. The summed E-state index contributed by atoms with van der Waals surface area (Å²) in [5.41, 5.74) is 8.83. The Kier molecular flexibility index (Phi) is 2.89. The Morgan fingerprint density at radius 1 is 0.652 bits per heavy atom. The highest BCUT2D eigenvalue weighted by Crippen LogP contribution is 2.42. The van der Waals surface area contributed by atoms with Crippen molar-refractivity contribution < 1.29 is 0 Å². The molecule has 4 rings (SSSR count). The van der Waals surface area contributed by atoms with Crippen molar-refractivity contribution in [2.75, 3.05) is 5.73 Å². The van der Waals surface area contributed by atoms with Crippen LogP contribution in [0.4, 0.5) is 5.69 Å². The van der Waals surface area contributed by atoms with Crippen LogP contribution in [0.1, 0.15) is 26.3 Å². The molecular weight excluding hydrogens is 278 g/mol. The fourth-order valence-electron chi connectivity index (χ4n) is 3.71. The van der Waals surface area contributed by atoms with E-state index in [-0.39, 0.29) is 5.41 Å². The molecule has 1 heteroatoms. The van der Waals surface area contributed by atoms with E-state index in [2.05, 4.69) is 81.4 Å². The van der Waals surface area contributed by atoms with Crippen LogP contribution in [0.3, 0.4) is 0 Å². The van der Waals surface area contributed by atoms with Gasteiger partial charge in [0.05, 0.1) is 0 Å². The van der Waals surface area contributed by atoms with Gasteiger partial charge < -0.3 is 5.73 Å². The summed E-state index contributed by atoms with van der Waals surface area (Å²) >= 11 is 0. The number of benzene rings is 4. The zero-order valence-corrected chi connectivity index (χ0v) is 13.9. The van der Waals surface area contributed by atoms with Crippen LogP contribution in [0.15, 0.2) is 60.7 Å². The summed E-state index contributed by atoms with van der Waals surface area (Å²) in [7, 11) is 0. The molecule has 0 aliphatic rings. The van der Waals surface area contributed by atoms with E-state index >= 15 is 0 Å². The summed E-state index contributed by atoms with van der Waals surface area (Å²) in [6, 6.07) is 21.6. The highest BCUT2D eigenvalue weighted by molar-refractivity contribution is 6.18. The second-order valence-corrected chi connectivity index (χ2v) is 7.33. The number of hydrogen-bond acceptors (Lipinski definition) is 1. The average Bonchev–Trinajstić information content (AvgIpc) is 2.52. The Labute approximate surface area is 136 Å². The van der Waals surface area contributed by atoms with Gasteiger partial charge in [-0.25, -0.2) is 0 Å². The number of nitrogens with two attached hydrogens (primary N) is 1. The summed E-state index contributed by atoms with van der Waals surface area (Å²) in [5, 5.41) is 7.44. The molecule has 0 aliphatic carbocycles. The third-order valence-corrected chi connectivity index (χ3v) is 4.68. The van der Waals surface area contributed by atoms with Gasteiger partial charge in [-0.05, 0) is 50.0 Å². The van der Waals surface area contributed by atoms with Crippen LogP contribution in [0.2, 0.25) is 0 Å². The molecule has 0 saturated heterocycles. The average molecular weight is 299 g/mol. The first-order valence-corrected chi connectivity index (χ1v) is 8.10. The lowest BCUT2D eigenvalue weighted by Gasteiger charge is -2.25. The third-order valence-electron chi connectivity index (χ3n) is 4.68. The van der Waals surface area contributed by atoms with Gasteiger partial charge >= 0.3 is 0 Å². The van der Waals surface area contributed by atoms with Gasteiger partial charge in [0, 0.05) is 11.1 Å². The van der Waals surface area contributed by atoms with Crippen LogP contribution in [0.5, 0.6) is 0 Å². The van der Waals surface area contributed by atoms with Crippen molar-refractivity contribution in [2.45, 2.75) is 26.2 Å². The Morgan fingerprint density at radius 2 is 1.17 bits per heavy atom. The monoisotopic (exact) mass is 299 g/mol. The molecule has 0 spiro atoms. The number of hydrogen-bond donors (Lipinski definition) is 1. The second-order valence-electron chi connectivity index (χ2n) is 7.33. The maximum atomic E-state index is 6.66. The molecule has 114 valence electrons. The van der Waals surface area contributed by atoms with Crippen LogP contribution >= 0.6 is 0 Å². The molecule has 0 atom stereocenters. The molecule has 0 unspecified atom stereocenters. The van der Waals surface area contributed by atoms with Gasteiger partial charge in [0.2, 0.25) is 0 Å². The SMILES string of the molecule is CC(C)(C)c1c(N)c2cc3ccccc3cc2c2ccccc12. The maximum absolute atomic E-state index is 6.66. The second kappa shape index (κ2) is 4.73. The van der Waals surface area contributed by atoms with Gasteiger partial charge in [0.25, 0.3) is 0 Å². The Bertz CT molecular complexity index is 1050. The molecule has 0 aromatic heterocycles. The summed E-state index contributed by atoms with van der Waals surface area (Å²) < 4.78 is 0. The smallest absolute Gasteiger partial charge is 0.0438 e. The predicted molar refractivity (Wildman–Crippen MR) is 102 cm³/mol. The fourth-order valence-corrected chi connectivity index (χ4v) is 3.71. The van der Waals surface area contributed by atoms with Crippen LogP contribution in [0.25, 0.3) is 32.3 Å². The molecule has 0 fully saturated rings. The van der Waals surface area contributed by atoms with E-state index in [0.29, 0.717) is 0 Å². The molecule has 0 amide bonds. The lowest BCUT2D eigenvalue weighted by molar-refractivity contribution is 0.599. The van der Waals surface area contributed by atoms with Gasteiger partial charge in [0.1, 0.15) is 0 Å². The molecule has 0 radical (unpaired) electrons. The molecule has 1 nitrogen and oxygen atoms in total. The van der Waals surface area contributed by atoms with Gasteiger partial charge in [-0.1, -0.05) is 69.3 Å². The van der Waals surface area contributed by atoms with E-state index in [1.165, 1.54) is 32.5 Å². The van der Waals surface area contributed by atoms with Crippen molar-refractivity contribution in [3.8, 4) is 0 Å². The number of rotatable bonds is 0. The normalized spacial score (nSPS) is 12.3. The number of fused-ring (bicyclic) bond motifs is 4. The zero-order chi connectivity index (χ0) is 16.2.